The number of carbonyl (C=O) groups is 1. The van der Waals surface area contributed by atoms with Crippen molar-refractivity contribution in [2.24, 2.45) is 0 Å². The van der Waals surface area contributed by atoms with Crippen molar-refractivity contribution in [2.75, 3.05) is 18.6 Å². The zero-order valence-electron chi connectivity index (χ0n) is 17.3. The molecule has 0 saturated carbocycles. The number of hydrogen-bond acceptors (Lipinski definition) is 4. The van der Waals surface area contributed by atoms with Crippen molar-refractivity contribution < 1.29 is 9.53 Å². The summed E-state index contributed by atoms with van der Waals surface area (Å²) in [5.74, 6) is -0.514. The highest BCUT2D eigenvalue weighted by molar-refractivity contribution is 6.35. The van der Waals surface area contributed by atoms with Gasteiger partial charge in [0.15, 0.2) is 5.69 Å². The zero-order valence-corrected chi connectivity index (χ0v) is 18.8. The number of rotatable bonds is 4. The van der Waals surface area contributed by atoms with Gasteiger partial charge in [0.2, 0.25) is 0 Å². The zero-order chi connectivity index (χ0) is 22.2. The van der Waals surface area contributed by atoms with Crippen LogP contribution < -0.4 is 4.90 Å². The van der Waals surface area contributed by atoms with Crippen molar-refractivity contribution in [1.82, 2.24) is 9.78 Å². The van der Waals surface area contributed by atoms with Crippen LogP contribution in [0.5, 0.6) is 0 Å². The Bertz CT molecular complexity index is 1330. The summed E-state index contributed by atoms with van der Waals surface area (Å²) < 4.78 is 6.55. The Morgan fingerprint density at radius 1 is 0.969 bits per heavy atom. The van der Waals surface area contributed by atoms with E-state index < -0.39 is 5.97 Å². The van der Waals surface area contributed by atoms with Gasteiger partial charge >= 0.3 is 5.97 Å². The van der Waals surface area contributed by atoms with Gasteiger partial charge in [-0.3, -0.25) is 0 Å². The molecule has 3 aromatic carbocycles. The molecule has 1 aliphatic rings. The Morgan fingerprint density at radius 2 is 1.81 bits per heavy atom. The Labute approximate surface area is 195 Å². The molecule has 5 nitrogen and oxygen atoms in total. The predicted molar refractivity (Wildman–Crippen MR) is 128 cm³/mol. The van der Waals surface area contributed by atoms with Crippen LogP contribution in [0.1, 0.15) is 16.1 Å². The monoisotopic (exact) mass is 463 g/mol. The van der Waals surface area contributed by atoms with Crippen LogP contribution in [0.25, 0.3) is 16.9 Å². The third-order valence-corrected chi connectivity index (χ3v) is 6.12. The molecule has 0 N–H and O–H groups in total. The van der Waals surface area contributed by atoms with Gasteiger partial charge in [0, 0.05) is 28.5 Å². The van der Waals surface area contributed by atoms with E-state index in [9.17, 15) is 4.79 Å². The molecular weight excluding hydrogens is 445 g/mol. The summed E-state index contributed by atoms with van der Waals surface area (Å²) >= 11 is 12.5. The van der Waals surface area contributed by atoms with Crippen molar-refractivity contribution in [3.8, 4) is 16.9 Å². The SMILES string of the molecule is COC(=O)c1cc(-c2cccc(N3CCc4ccccc43)c2)n(-c2ccc(Cl)cc2Cl)n1. The molecule has 0 bridgehead atoms. The van der Waals surface area contributed by atoms with Crippen molar-refractivity contribution in [3.63, 3.8) is 0 Å². The van der Waals surface area contributed by atoms with Crippen LogP contribution in [0.3, 0.4) is 0 Å². The third-order valence-electron chi connectivity index (χ3n) is 5.58. The van der Waals surface area contributed by atoms with E-state index in [2.05, 4.69) is 46.4 Å². The molecule has 1 aliphatic heterocycles. The lowest BCUT2D eigenvalue weighted by Gasteiger charge is -2.20. The highest BCUT2D eigenvalue weighted by Crippen LogP contribution is 2.37. The number of esters is 1. The van der Waals surface area contributed by atoms with Gasteiger partial charge in [0.1, 0.15) is 0 Å². The fourth-order valence-electron chi connectivity index (χ4n) is 4.07. The van der Waals surface area contributed by atoms with Crippen molar-refractivity contribution in [1.29, 1.82) is 0 Å². The fraction of sp³-hybridized carbons (Fsp3) is 0.120. The van der Waals surface area contributed by atoms with Crippen LogP contribution in [0.2, 0.25) is 10.0 Å². The maximum absolute atomic E-state index is 12.2. The Kier molecular flexibility index (Phi) is 5.37. The number of para-hydroxylation sites is 1. The average molecular weight is 464 g/mol. The average Bonchev–Trinajstić information content (AvgIpc) is 3.44. The highest BCUT2D eigenvalue weighted by Gasteiger charge is 2.22. The van der Waals surface area contributed by atoms with Crippen LogP contribution in [0.15, 0.2) is 72.8 Å². The number of halogens is 2. The van der Waals surface area contributed by atoms with Gasteiger partial charge in [-0.05, 0) is 54.4 Å². The van der Waals surface area contributed by atoms with E-state index in [1.165, 1.54) is 18.4 Å². The van der Waals surface area contributed by atoms with Crippen molar-refractivity contribution >= 4 is 40.5 Å². The Balaban J connectivity index is 1.63. The molecule has 7 heteroatoms. The number of aromatic nitrogens is 2. The number of carbonyl (C=O) groups excluding carboxylic acids is 1. The minimum Gasteiger partial charge on any atom is -0.464 e. The third kappa shape index (κ3) is 3.64. The summed E-state index contributed by atoms with van der Waals surface area (Å²) in [6.45, 7) is 0.915. The van der Waals surface area contributed by atoms with E-state index in [4.69, 9.17) is 27.9 Å². The maximum Gasteiger partial charge on any atom is 0.358 e. The lowest BCUT2D eigenvalue weighted by molar-refractivity contribution is 0.0593. The lowest BCUT2D eigenvalue weighted by atomic mass is 10.1. The van der Waals surface area contributed by atoms with Crippen LogP contribution in [-0.4, -0.2) is 29.4 Å². The molecule has 4 aromatic rings. The summed E-state index contributed by atoms with van der Waals surface area (Å²) in [6.07, 6.45) is 1.01. The number of anilines is 2. The fourth-order valence-corrected chi connectivity index (χ4v) is 4.56. The predicted octanol–water partition coefficient (Wildman–Crippen LogP) is 6.33. The molecule has 0 atom stereocenters. The number of fused-ring (bicyclic) bond motifs is 1. The number of benzene rings is 3. The molecule has 0 saturated heterocycles. The van der Waals surface area contributed by atoms with Gasteiger partial charge in [-0.1, -0.05) is 53.5 Å². The van der Waals surface area contributed by atoms with E-state index >= 15 is 0 Å². The largest absolute Gasteiger partial charge is 0.464 e. The number of nitrogens with zero attached hydrogens (tertiary/aromatic N) is 3. The standard InChI is InChI=1S/C25H19Cl2N3O2/c1-32-25(31)21-15-24(30(28-21)23-10-9-18(26)14-20(23)27)17-6-4-7-19(13-17)29-12-11-16-5-2-3-8-22(16)29/h2-10,13-15H,11-12H2,1H3. The molecule has 32 heavy (non-hydrogen) atoms. The molecule has 0 spiro atoms. The molecule has 0 aliphatic carbocycles. The van der Waals surface area contributed by atoms with Crippen LogP contribution >= 0.6 is 23.2 Å². The highest BCUT2D eigenvalue weighted by atomic mass is 35.5. The molecule has 160 valence electrons. The topological polar surface area (TPSA) is 47.4 Å². The Hall–Kier alpha value is -3.28. The van der Waals surface area contributed by atoms with Gasteiger partial charge in [0.05, 0.1) is 23.5 Å². The second-order valence-electron chi connectivity index (χ2n) is 7.49. The normalized spacial score (nSPS) is 12.7. The molecule has 0 unspecified atom stereocenters. The molecule has 5 rings (SSSR count). The second kappa shape index (κ2) is 8.34. The maximum atomic E-state index is 12.2. The second-order valence-corrected chi connectivity index (χ2v) is 8.34. The van der Waals surface area contributed by atoms with E-state index in [1.54, 1.807) is 28.9 Å². The quantitative estimate of drug-likeness (QED) is 0.332. The molecule has 2 heterocycles. The first-order valence-electron chi connectivity index (χ1n) is 10.1. The van der Waals surface area contributed by atoms with E-state index in [-0.39, 0.29) is 5.69 Å². The first-order valence-corrected chi connectivity index (χ1v) is 10.9. The molecular formula is C25H19Cl2N3O2. The Morgan fingerprint density at radius 3 is 2.62 bits per heavy atom. The molecule has 0 radical (unpaired) electrons. The smallest absolute Gasteiger partial charge is 0.358 e. The van der Waals surface area contributed by atoms with Crippen LogP contribution in [-0.2, 0) is 11.2 Å². The van der Waals surface area contributed by atoms with E-state index in [1.807, 2.05) is 12.1 Å². The van der Waals surface area contributed by atoms with Gasteiger partial charge in [-0.15, -0.1) is 0 Å². The van der Waals surface area contributed by atoms with E-state index in [0.717, 1.165) is 29.9 Å². The minimum absolute atomic E-state index is 0.199. The minimum atomic E-state index is -0.514. The first-order chi connectivity index (χ1) is 15.5. The summed E-state index contributed by atoms with van der Waals surface area (Å²) in [4.78, 5) is 14.5. The summed E-state index contributed by atoms with van der Waals surface area (Å²) in [5, 5.41) is 5.44. The van der Waals surface area contributed by atoms with Gasteiger partial charge in [-0.25, -0.2) is 9.48 Å². The summed E-state index contributed by atoms with van der Waals surface area (Å²) in [5.41, 5.74) is 6.08. The molecule has 0 amide bonds. The molecule has 1 aromatic heterocycles. The number of hydrogen-bond donors (Lipinski definition) is 0. The van der Waals surface area contributed by atoms with E-state index in [0.29, 0.717) is 15.7 Å². The van der Waals surface area contributed by atoms with Gasteiger partial charge < -0.3 is 9.64 Å². The van der Waals surface area contributed by atoms with Crippen molar-refractivity contribution in [2.45, 2.75) is 6.42 Å². The van der Waals surface area contributed by atoms with Crippen molar-refractivity contribution in [3.05, 3.63) is 94.1 Å². The summed E-state index contributed by atoms with van der Waals surface area (Å²) in [6, 6.07) is 23.5. The molecule has 0 fully saturated rings. The van der Waals surface area contributed by atoms with Crippen LogP contribution in [0, 0.1) is 0 Å². The number of methoxy groups -OCH3 is 1. The summed E-state index contributed by atoms with van der Waals surface area (Å²) in [7, 11) is 1.34. The van der Waals surface area contributed by atoms with Crippen LogP contribution in [0.4, 0.5) is 11.4 Å². The number of ether oxygens (including phenoxy) is 1. The van der Waals surface area contributed by atoms with Gasteiger partial charge in [0.25, 0.3) is 0 Å². The lowest BCUT2D eigenvalue weighted by Crippen LogP contribution is -2.13. The van der Waals surface area contributed by atoms with Gasteiger partial charge in [-0.2, -0.15) is 5.10 Å². The first kappa shape index (κ1) is 20.6.